The molecule has 0 spiro atoms. The number of carbonyl (C=O) groups excluding carboxylic acids is 3. The van der Waals surface area contributed by atoms with Gasteiger partial charge in [0.15, 0.2) is 15.7 Å². The Hall–Kier alpha value is -2.59. The summed E-state index contributed by atoms with van der Waals surface area (Å²) in [6.07, 6.45) is -4.39. The Morgan fingerprint density at radius 1 is 1.50 bits per heavy atom. The van der Waals surface area contributed by atoms with Crippen LogP contribution in [-0.4, -0.2) is 86.3 Å². The van der Waals surface area contributed by atoms with Crippen LogP contribution in [0.2, 0.25) is 0 Å². The molecule has 32 heavy (non-hydrogen) atoms. The van der Waals surface area contributed by atoms with Crippen LogP contribution in [0.4, 0.5) is 18.3 Å². The van der Waals surface area contributed by atoms with Gasteiger partial charge in [-0.15, -0.1) is 34.7 Å². The smallest absolute Gasteiger partial charge is 0.425 e. The SMILES string of the molecule is O=CNc1nc(C(=NOCC(F)(F)F)C(=O)NC2C(=O)N3CC(Cl)(C(=O)O)CS[C@H]23)cs1. The second-order valence-corrected chi connectivity index (χ2v) is 9.20. The van der Waals surface area contributed by atoms with Gasteiger partial charge in [-0.1, -0.05) is 5.16 Å². The number of carboxylic acid groups (broad SMARTS) is 1. The molecule has 0 saturated carbocycles. The summed E-state index contributed by atoms with van der Waals surface area (Å²) < 4.78 is 37.1. The summed E-state index contributed by atoms with van der Waals surface area (Å²) in [4.78, 5) is 54.5. The van der Waals surface area contributed by atoms with E-state index in [0.717, 1.165) is 23.1 Å². The average Bonchev–Trinajstić information content (AvgIpc) is 3.17. The number of fused-ring (bicyclic) bond motifs is 1. The molecular formula is C15H13ClF3N5O6S2. The number of carbonyl (C=O) groups is 4. The van der Waals surface area contributed by atoms with Crippen LogP contribution in [0.3, 0.4) is 0 Å². The van der Waals surface area contributed by atoms with Crippen LogP contribution in [0.15, 0.2) is 10.5 Å². The van der Waals surface area contributed by atoms with Gasteiger partial charge in [-0.25, -0.2) is 4.98 Å². The summed E-state index contributed by atoms with van der Waals surface area (Å²) in [6, 6.07) is -1.08. The zero-order valence-electron chi connectivity index (χ0n) is 15.6. The van der Waals surface area contributed by atoms with Gasteiger partial charge in [0, 0.05) is 11.1 Å². The zero-order chi connectivity index (χ0) is 23.7. The van der Waals surface area contributed by atoms with Crippen LogP contribution in [0.25, 0.3) is 0 Å². The standard InChI is InChI=1S/C15H13ClF3N5O6S2/c16-14(12(28)29)2-24-10(27)8(11(24)32-4-14)22-9(26)7(23-30-3-15(17,18)19)6-1-31-13(21-6)20-5-25/h1,5,8,11H,2-4H2,(H,22,26)(H,28,29)(H,20,21,25)/t8?,11-,14?/m1/s1. The third kappa shape index (κ3) is 5.07. The normalized spacial score (nSPS) is 25.4. The quantitative estimate of drug-likeness (QED) is 0.148. The molecule has 0 aromatic carbocycles. The molecule has 0 aliphatic carbocycles. The lowest BCUT2D eigenvalue weighted by atomic mass is 10.0. The molecule has 1 aromatic heterocycles. The van der Waals surface area contributed by atoms with Gasteiger partial charge in [0.2, 0.25) is 18.9 Å². The highest BCUT2D eigenvalue weighted by molar-refractivity contribution is 8.00. The number of halogens is 4. The number of thioether (sulfide) groups is 1. The largest absolute Gasteiger partial charge is 0.480 e. The van der Waals surface area contributed by atoms with E-state index in [1.54, 1.807) is 0 Å². The summed E-state index contributed by atoms with van der Waals surface area (Å²) in [5.74, 6) is -2.98. The van der Waals surface area contributed by atoms with Gasteiger partial charge in [-0.2, -0.15) is 13.2 Å². The van der Waals surface area contributed by atoms with E-state index in [-0.39, 0.29) is 23.1 Å². The number of aromatic nitrogens is 1. The summed E-state index contributed by atoms with van der Waals surface area (Å²) in [5, 5.41) is 17.7. The van der Waals surface area contributed by atoms with Gasteiger partial charge in [0.05, 0.1) is 6.54 Å². The predicted molar refractivity (Wildman–Crippen MR) is 106 cm³/mol. The van der Waals surface area contributed by atoms with Crippen molar-refractivity contribution < 1.29 is 42.3 Å². The number of alkyl halides is 4. The first kappa shape index (κ1) is 24.1. The summed E-state index contributed by atoms with van der Waals surface area (Å²) >= 11 is 7.92. The lowest BCUT2D eigenvalue weighted by Gasteiger charge is -2.52. The molecule has 2 saturated heterocycles. The minimum atomic E-state index is -4.71. The molecule has 174 valence electrons. The fourth-order valence-corrected chi connectivity index (χ4v) is 5.11. The number of rotatable bonds is 8. The first-order chi connectivity index (χ1) is 14.9. The van der Waals surface area contributed by atoms with Crippen molar-refractivity contribution in [2.24, 2.45) is 5.16 Å². The molecule has 2 aliphatic rings. The second-order valence-electron chi connectivity index (χ2n) is 6.52. The highest BCUT2D eigenvalue weighted by atomic mass is 35.5. The number of nitrogens with zero attached hydrogens (tertiary/aromatic N) is 3. The first-order valence-electron chi connectivity index (χ1n) is 8.53. The van der Waals surface area contributed by atoms with Crippen LogP contribution in [0, 0.1) is 0 Å². The fraction of sp³-hybridized carbons (Fsp3) is 0.467. The molecule has 2 unspecified atom stereocenters. The Balaban J connectivity index is 1.74. The van der Waals surface area contributed by atoms with E-state index in [2.05, 4.69) is 25.6 Å². The highest BCUT2D eigenvalue weighted by Gasteiger charge is 2.57. The molecule has 17 heteroatoms. The van der Waals surface area contributed by atoms with E-state index in [0.29, 0.717) is 6.41 Å². The molecule has 0 bridgehead atoms. The van der Waals surface area contributed by atoms with Crippen LogP contribution in [0.1, 0.15) is 5.69 Å². The Labute approximate surface area is 190 Å². The van der Waals surface area contributed by atoms with Gasteiger partial charge in [-0.3, -0.25) is 19.2 Å². The number of β-lactam (4-membered cyclic amide) rings is 1. The molecule has 11 nitrogen and oxygen atoms in total. The van der Waals surface area contributed by atoms with Crippen molar-refractivity contribution in [2.45, 2.75) is 22.5 Å². The summed E-state index contributed by atoms with van der Waals surface area (Å²) in [7, 11) is 0. The van der Waals surface area contributed by atoms with Crippen LogP contribution < -0.4 is 10.6 Å². The predicted octanol–water partition coefficient (Wildman–Crippen LogP) is 0.457. The van der Waals surface area contributed by atoms with Crippen molar-refractivity contribution in [1.82, 2.24) is 15.2 Å². The van der Waals surface area contributed by atoms with Gasteiger partial charge in [-0.05, 0) is 0 Å². The number of thiazole rings is 1. The van der Waals surface area contributed by atoms with E-state index in [1.807, 2.05) is 0 Å². The number of carboxylic acids is 1. The molecule has 2 fully saturated rings. The third-order valence-electron chi connectivity index (χ3n) is 4.24. The van der Waals surface area contributed by atoms with Crippen molar-refractivity contribution in [3.05, 3.63) is 11.1 Å². The lowest BCUT2D eigenvalue weighted by molar-refractivity contribution is -0.174. The zero-order valence-corrected chi connectivity index (χ0v) is 18.0. The highest BCUT2D eigenvalue weighted by Crippen LogP contribution is 2.41. The van der Waals surface area contributed by atoms with Crippen molar-refractivity contribution in [2.75, 3.05) is 24.2 Å². The van der Waals surface area contributed by atoms with Crippen molar-refractivity contribution in [3.8, 4) is 0 Å². The van der Waals surface area contributed by atoms with E-state index in [9.17, 15) is 37.5 Å². The Morgan fingerprint density at radius 3 is 2.84 bits per heavy atom. The summed E-state index contributed by atoms with van der Waals surface area (Å²) in [5.41, 5.74) is -0.835. The number of hydrogen-bond acceptors (Lipinski definition) is 9. The number of oxime groups is 1. The minimum absolute atomic E-state index is 0.0346. The Kier molecular flexibility index (Phi) is 6.85. The topological polar surface area (TPSA) is 150 Å². The minimum Gasteiger partial charge on any atom is -0.480 e. The molecule has 3 N–H and O–H groups in total. The Morgan fingerprint density at radius 2 is 2.22 bits per heavy atom. The van der Waals surface area contributed by atoms with Gasteiger partial charge >= 0.3 is 12.1 Å². The van der Waals surface area contributed by atoms with E-state index >= 15 is 0 Å². The number of nitrogens with one attached hydrogen (secondary N) is 2. The third-order valence-corrected chi connectivity index (χ3v) is 7.12. The molecule has 0 radical (unpaired) electrons. The van der Waals surface area contributed by atoms with Gasteiger partial charge in [0.1, 0.15) is 17.1 Å². The molecule has 1 aromatic rings. The van der Waals surface area contributed by atoms with Crippen LogP contribution in [0.5, 0.6) is 0 Å². The molecule has 3 amide bonds. The maximum absolute atomic E-state index is 12.7. The number of hydrogen-bond donors (Lipinski definition) is 3. The molecular weight excluding hydrogens is 503 g/mol. The second kappa shape index (κ2) is 9.11. The number of anilines is 1. The average molecular weight is 516 g/mol. The summed E-state index contributed by atoms with van der Waals surface area (Å²) in [6.45, 7) is -2.04. The van der Waals surface area contributed by atoms with Crippen molar-refractivity contribution >= 4 is 69.7 Å². The molecule has 3 heterocycles. The molecule has 3 atom stereocenters. The van der Waals surface area contributed by atoms with Crippen molar-refractivity contribution in [1.29, 1.82) is 0 Å². The van der Waals surface area contributed by atoms with E-state index in [1.165, 1.54) is 10.3 Å². The van der Waals surface area contributed by atoms with E-state index in [4.69, 9.17) is 11.6 Å². The van der Waals surface area contributed by atoms with E-state index < -0.39 is 52.6 Å². The first-order valence-corrected chi connectivity index (χ1v) is 10.8. The lowest BCUT2D eigenvalue weighted by Crippen LogP contribution is -2.74. The maximum Gasteiger partial charge on any atom is 0.425 e. The molecule has 3 rings (SSSR count). The van der Waals surface area contributed by atoms with Crippen molar-refractivity contribution in [3.63, 3.8) is 0 Å². The number of aliphatic carboxylic acids is 1. The van der Waals surface area contributed by atoms with Crippen LogP contribution in [-0.2, 0) is 24.0 Å². The monoisotopic (exact) mass is 515 g/mol. The van der Waals surface area contributed by atoms with Crippen LogP contribution >= 0.6 is 34.7 Å². The van der Waals surface area contributed by atoms with Gasteiger partial charge in [0.25, 0.3) is 5.91 Å². The maximum atomic E-state index is 12.7. The Bertz CT molecular complexity index is 976. The van der Waals surface area contributed by atoms with Gasteiger partial charge < -0.3 is 25.5 Å². The molecule has 2 aliphatic heterocycles. The number of amides is 3. The fourth-order valence-electron chi connectivity index (χ4n) is 2.76.